The number of esters is 2. The van der Waals surface area contributed by atoms with E-state index in [-0.39, 0.29) is 25.6 Å². The van der Waals surface area contributed by atoms with Crippen LogP contribution < -0.4 is 14.2 Å². The van der Waals surface area contributed by atoms with Crippen molar-refractivity contribution in [1.82, 2.24) is 0 Å². The van der Waals surface area contributed by atoms with Crippen LogP contribution in [0.3, 0.4) is 0 Å². The highest BCUT2D eigenvalue weighted by Crippen LogP contribution is 2.18. The van der Waals surface area contributed by atoms with Gasteiger partial charge in [0.25, 0.3) is 0 Å². The number of aliphatic carboxylic acids is 1. The van der Waals surface area contributed by atoms with Crippen molar-refractivity contribution in [1.29, 1.82) is 0 Å². The lowest BCUT2D eigenvalue weighted by Gasteiger charge is -2.07. The maximum Gasteiger partial charge on any atom is 0.343 e. The van der Waals surface area contributed by atoms with E-state index in [1.165, 1.54) is 31.4 Å². The molecule has 0 aliphatic carbocycles. The van der Waals surface area contributed by atoms with E-state index in [4.69, 9.17) is 29.2 Å². The Morgan fingerprint density at radius 2 is 1.25 bits per heavy atom. The highest BCUT2D eigenvalue weighted by molar-refractivity contribution is 5.73. The van der Waals surface area contributed by atoms with Crippen LogP contribution in [-0.4, -0.2) is 55.1 Å². The van der Waals surface area contributed by atoms with E-state index < -0.39 is 17.9 Å². The third-order valence-corrected chi connectivity index (χ3v) is 4.17. The van der Waals surface area contributed by atoms with Crippen molar-refractivity contribution in [3.05, 3.63) is 84.4 Å². The first kappa shape index (κ1) is 27.7. The van der Waals surface area contributed by atoms with E-state index in [2.05, 4.69) is 4.74 Å². The molecule has 36 heavy (non-hydrogen) atoms. The van der Waals surface area contributed by atoms with Crippen LogP contribution in [0.5, 0.6) is 23.0 Å². The van der Waals surface area contributed by atoms with E-state index in [1.807, 2.05) is 30.3 Å². The molecule has 0 bridgehead atoms. The Balaban J connectivity index is 0.000000319. The van der Waals surface area contributed by atoms with Gasteiger partial charge >= 0.3 is 17.9 Å². The van der Waals surface area contributed by atoms with Gasteiger partial charge in [0.05, 0.1) is 13.7 Å². The molecule has 0 aromatic heterocycles. The average Bonchev–Trinajstić information content (AvgIpc) is 2.88. The fourth-order valence-electron chi connectivity index (χ4n) is 2.48. The normalized spacial score (nSPS) is 9.81. The SMILES string of the molecule is COC(=O)COc1ccc(OC(=O)COCc2ccccc2)cc1.O=C(O)COc1ccc(O)cc1. The van der Waals surface area contributed by atoms with Crippen molar-refractivity contribution in [2.45, 2.75) is 6.61 Å². The summed E-state index contributed by atoms with van der Waals surface area (Å²) in [4.78, 5) is 32.7. The molecule has 0 atom stereocenters. The molecule has 0 amide bonds. The number of carboxylic acid groups (broad SMARTS) is 1. The smallest absolute Gasteiger partial charge is 0.343 e. The molecule has 3 aromatic rings. The Kier molecular flexibility index (Phi) is 11.8. The van der Waals surface area contributed by atoms with E-state index in [0.717, 1.165) is 5.56 Å². The van der Waals surface area contributed by atoms with Crippen LogP contribution >= 0.6 is 0 Å². The lowest BCUT2D eigenvalue weighted by molar-refractivity contribution is -0.143. The van der Waals surface area contributed by atoms with Gasteiger partial charge in [-0.1, -0.05) is 30.3 Å². The van der Waals surface area contributed by atoms with Crippen molar-refractivity contribution in [2.75, 3.05) is 26.9 Å². The fraction of sp³-hybridized carbons (Fsp3) is 0.192. The molecular formula is C26H26O10. The number of phenolic OH excluding ortho intramolecular Hbond substituents is 1. The average molecular weight is 498 g/mol. The number of rotatable bonds is 11. The van der Waals surface area contributed by atoms with Gasteiger partial charge in [-0.25, -0.2) is 14.4 Å². The Bertz CT molecular complexity index is 1080. The van der Waals surface area contributed by atoms with E-state index in [9.17, 15) is 14.4 Å². The zero-order valence-electron chi connectivity index (χ0n) is 19.5. The van der Waals surface area contributed by atoms with Crippen LogP contribution in [0.15, 0.2) is 78.9 Å². The van der Waals surface area contributed by atoms with Crippen LogP contribution in [0.4, 0.5) is 0 Å². The molecule has 3 rings (SSSR count). The summed E-state index contributed by atoms with van der Waals surface area (Å²) in [5, 5.41) is 17.1. The number of hydrogen-bond donors (Lipinski definition) is 2. The van der Waals surface area contributed by atoms with Gasteiger partial charge in [0.1, 0.15) is 29.6 Å². The summed E-state index contributed by atoms with van der Waals surface area (Å²) in [5.74, 6) is -0.597. The second kappa shape index (κ2) is 15.4. The number of ether oxygens (including phenoxy) is 5. The second-order valence-corrected chi connectivity index (χ2v) is 6.96. The van der Waals surface area contributed by atoms with E-state index >= 15 is 0 Å². The largest absolute Gasteiger partial charge is 0.508 e. The third kappa shape index (κ3) is 11.5. The molecule has 190 valence electrons. The minimum absolute atomic E-state index is 0.123. The number of carbonyl (C=O) groups is 3. The van der Waals surface area contributed by atoms with E-state index in [0.29, 0.717) is 23.9 Å². The number of carboxylic acids is 1. The number of hydrogen-bond acceptors (Lipinski definition) is 9. The van der Waals surface area contributed by atoms with Gasteiger partial charge in [-0.3, -0.25) is 0 Å². The molecule has 0 saturated carbocycles. The summed E-state index contributed by atoms with van der Waals surface area (Å²) in [6.45, 7) is -0.348. The van der Waals surface area contributed by atoms with Gasteiger partial charge in [-0.2, -0.15) is 0 Å². The van der Waals surface area contributed by atoms with Crippen LogP contribution in [0, 0.1) is 0 Å². The summed E-state index contributed by atoms with van der Waals surface area (Å²) in [7, 11) is 1.29. The first-order valence-corrected chi connectivity index (χ1v) is 10.6. The highest BCUT2D eigenvalue weighted by Gasteiger charge is 2.07. The lowest BCUT2D eigenvalue weighted by atomic mass is 10.2. The maximum absolute atomic E-state index is 11.7. The number of benzene rings is 3. The van der Waals surface area contributed by atoms with Gasteiger partial charge in [0.2, 0.25) is 0 Å². The number of phenols is 1. The van der Waals surface area contributed by atoms with Crippen molar-refractivity contribution in [2.24, 2.45) is 0 Å². The van der Waals surface area contributed by atoms with Crippen molar-refractivity contribution < 1.29 is 48.3 Å². The summed E-state index contributed by atoms with van der Waals surface area (Å²) < 4.78 is 24.9. The Hall–Kier alpha value is -4.57. The van der Waals surface area contributed by atoms with Crippen molar-refractivity contribution in [3.8, 4) is 23.0 Å². The monoisotopic (exact) mass is 498 g/mol. The summed E-state index contributed by atoms with van der Waals surface area (Å²) in [6, 6.07) is 21.7. The minimum atomic E-state index is -1.02. The molecule has 0 aliphatic heterocycles. The third-order valence-electron chi connectivity index (χ3n) is 4.17. The maximum atomic E-state index is 11.7. The Labute approximate surface area is 207 Å². The first-order valence-electron chi connectivity index (χ1n) is 10.6. The van der Waals surface area contributed by atoms with Gasteiger partial charge in [0, 0.05) is 0 Å². The topological polar surface area (TPSA) is 138 Å². The molecule has 0 unspecified atom stereocenters. The summed E-state index contributed by atoms with van der Waals surface area (Å²) in [6.07, 6.45) is 0. The predicted octanol–water partition coefficient (Wildman–Crippen LogP) is 3.22. The quantitative estimate of drug-likeness (QED) is 0.299. The molecule has 0 radical (unpaired) electrons. The first-order chi connectivity index (χ1) is 17.4. The van der Waals surface area contributed by atoms with Crippen molar-refractivity contribution >= 4 is 17.9 Å². The van der Waals surface area contributed by atoms with Crippen LogP contribution in [0.2, 0.25) is 0 Å². The van der Waals surface area contributed by atoms with Crippen molar-refractivity contribution in [3.63, 3.8) is 0 Å². The van der Waals surface area contributed by atoms with Gasteiger partial charge in [0.15, 0.2) is 13.2 Å². The number of aromatic hydroxyl groups is 1. The predicted molar refractivity (Wildman–Crippen MR) is 127 cm³/mol. The molecule has 10 nitrogen and oxygen atoms in total. The molecule has 0 aliphatic rings. The second-order valence-electron chi connectivity index (χ2n) is 6.96. The van der Waals surface area contributed by atoms with Crippen LogP contribution in [-0.2, 0) is 30.5 Å². The molecule has 0 spiro atoms. The van der Waals surface area contributed by atoms with Crippen LogP contribution in [0.25, 0.3) is 0 Å². The Morgan fingerprint density at radius 3 is 1.83 bits per heavy atom. The summed E-state index contributed by atoms with van der Waals surface area (Å²) in [5.41, 5.74) is 0.984. The van der Waals surface area contributed by atoms with Gasteiger partial charge < -0.3 is 33.9 Å². The zero-order chi connectivity index (χ0) is 26.2. The van der Waals surface area contributed by atoms with Gasteiger partial charge in [-0.15, -0.1) is 0 Å². The van der Waals surface area contributed by atoms with Gasteiger partial charge in [-0.05, 0) is 54.1 Å². The minimum Gasteiger partial charge on any atom is -0.508 e. The van der Waals surface area contributed by atoms with Crippen LogP contribution in [0.1, 0.15) is 5.56 Å². The standard InChI is InChI=1S/C18H18O6.C8H8O4/c1-21-17(19)13-23-15-7-9-16(10-8-15)24-18(20)12-22-11-14-5-3-2-4-6-14;9-6-1-3-7(4-2-6)12-5-8(10)11/h2-10H,11-13H2,1H3;1-4,9H,5H2,(H,10,11). The number of methoxy groups -OCH3 is 1. The molecular weight excluding hydrogens is 472 g/mol. The zero-order valence-corrected chi connectivity index (χ0v) is 19.5. The molecule has 0 saturated heterocycles. The highest BCUT2D eigenvalue weighted by atomic mass is 16.6. The molecule has 3 aromatic carbocycles. The molecule has 2 N–H and O–H groups in total. The van der Waals surface area contributed by atoms with E-state index in [1.54, 1.807) is 24.3 Å². The fourth-order valence-corrected chi connectivity index (χ4v) is 2.48. The molecule has 10 heteroatoms. The Morgan fingerprint density at radius 1 is 0.694 bits per heavy atom. The molecule has 0 fully saturated rings. The number of carbonyl (C=O) groups excluding carboxylic acids is 2. The summed E-state index contributed by atoms with van der Waals surface area (Å²) >= 11 is 0. The lowest BCUT2D eigenvalue weighted by Crippen LogP contribution is -2.15. The molecule has 0 heterocycles.